The van der Waals surface area contributed by atoms with Crippen LogP contribution in [0.2, 0.25) is 0 Å². The first-order chi connectivity index (χ1) is 12.0. The minimum atomic E-state index is -0.226. The van der Waals surface area contributed by atoms with Crippen LogP contribution in [0.5, 0.6) is 0 Å². The predicted molar refractivity (Wildman–Crippen MR) is 99.1 cm³/mol. The average Bonchev–Trinajstić information content (AvgIpc) is 3.09. The Kier molecular flexibility index (Phi) is 4.11. The van der Waals surface area contributed by atoms with Crippen LogP contribution in [0.1, 0.15) is 37.5 Å². The maximum absolute atomic E-state index is 12.7. The van der Waals surface area contributed by atoms with Crippen molar-refractivity contribution < 1.29 is 4.79 Å². The zero-order chi connectivity index (χ0) is 17.6. The van der Waals surface area contributed by atoms with Crippen molar-refractivity contribution in [3.8, 4) is 0 Å². The van der Waals surface area contributed by atoms with Crippen LogP contribution in [0.3, 0.4) is 0 Å². The number of rotatable bonds is 3. The minimum absolute atomic E-state index is 0.0313. The van der Waals surface area contributed by atoms with Crippen LogP contribution in [-0.4, -0.2) is 26.1 Å². The lowest BCUT2D eigenvalue weighted by molar-refractivity contribution is -0.123. The van der Waals surface area contributed by atoms with Gasteiger partial charge in [-0.1, -0.05) is 19.8 Å². The highest BCUT2D eigenvalue weighted by Crippen LogP contribution is 2.27. The number of aromatic nitrogens is 3. The number of fused-ring (bicyclic) bond motifs is 3. The number of aryl methyl sites for hydroxylation is 1. The Hall–Kier alpha value is -2.15. The third kappa shape index (κ3) is 2.97. The van der Waals surface area contributed by atoms with Crippen molar-refractivity contribution in [3.63, 3.8) is 0 Å². The van der Waals surface area contributed by atoms with Gasteiger partial charge in [0.05, 0.1) is 10.2 Å². The molecule has 7 heteroatoms. The average molecular weight is 358 g/mol. The SMILES string of the molecule is Cc1cc2c(cc3c(=O)n(CC(=O)N[C@H]4CCCC[C@H]4C)ncn32)s1. The molecule has 4 rings (SSSR count). The molecule has 1 saturated carbocycles. The van der Waals surface area contributed by atoms with Gasteiger partial charge in [0.25, 0.3) is 5.56 Å². The van der Waals surface area contributed by atoms with Gasteiger partial charge in [-0.3, -0.25) is 14.0 Å². The molecule has 0 saturated heterocycles. The second kappa shape index (κ2) is 6.29. The van der Waals surface area contributed by atoms with Gasteiger partial charge in [-0.2, -0.15) is 5.10 Å². The summed E-state index contributed by atoms with van der Waals surface area (Å²) < 4.78 is 4.13. The molecule has 0 aromatic carbocycles. The summed E-state index contributed by atoms with van der Waals surface area (Å²) in [6.45, 7) is 4.19. The second-order valence-corrected chi connectivity index (χ2v) is 8.32. The van der Waals surface area contributed by atoms with E-state index in [-0.39, 0.29) is 24.1 Å². The van der Waals surface area contributed by atoms with E-state index in [4.69, 9.17) is 0 Å². The lowest BCUT2D eigenvalue weighted by Gasteiger charge is -2.29. The Morgan fingerprint density at radius 3 is 2.92 bits per heavy atom. The highest BCUT2D eigenvalue weighted by atomic mass is 32.1. The highest BCUT2D eigenvalue weighted by molar-refractivity contribution is 7.19. The summed E-state index contributed by atoms with van der Waals surface area (Å²) in [5, 5.41) is 7.28. The van der Waals surface area contributed by atoms with Gasteiger partial charge in [0.15, 0.2) is 0 Å². The molecule has 25 heavy (non-hydrogen) atoms. The van der Waals surface area contributed by atoms with Gasteiger partial charge in [0, 0.05) is 10.9 Å². The molecule has 1 aliphatic rings. The van der Waals surface area contributed by atoms with Gasteiger partial charge in [0.1, 0.15) is 18.4 Å². The van der Waals surface area contributed by atoms with Crippen LogP contribution >= 0.6 is 11.3 Å². The predicted octanol–water partition coefficient (Wildman–Crippen LogP) is 2.71. The molecule has 0 aliphatic heterocycles. The quantitative estimate of drug-likeness (QED) is 0.783. The van der Waals surface area contributed by atoms with E-state index in [1.54, 1.807) is 22.1 Å². The van der Waals surface area contributed by atoms with Crippen molar-refractivity contribution in [2.45, 2.75) is 52.1 Å². The van der Waals surface area contributed by atoms with Crippen LogP contribution in [0.25, 0.3) is 15.7 Å². The third-order valence-corrected chi connectivity index (χ3v) is 6.15. The number of hydrogen-bond donors (Lipinski definition) is 1. The molecule has 132 valence electrons. The van der Waals surface area contributed by atoms with Crippen LogP contribution in [0.4, 0.5) is 0 Å². The van der Waals surface area contributed by atoms with Gasteiger partial charge in [-0.15, -0.1) is 11.3 Å². The van der Waals surface area contributed by atoms with E-state index < -0.39 is 0 Å². The fraction of sp³-hybridized carbons (Fsp3) is 0.500. The summed E-state index contributed by atoms with van der Waals surface area (Å²) in [6.07, 6.45) is 6.18. The molecule has 1 amide bonds. The number of nitrogens with one attached hydrogen (secondary N) is 1. The van der Waals surface area contributed by atoms with Crippen molar-refractivity contribution in [1.29, 1.82) is 0 Å². The smallest absolute Gasteiger partial charge is 0.291 e. The van der Waals surface area contributed by atoms with E-state index in [0.29, 0.717) is 11.4 Å². The monoisotopic (exact) mass is 358 g/mol. The largest absolute Gasteiger partial charge is 0.351 e. The number of amides is 1. The zero-order valence-electron chi connectivity index (χ0n) is 14.5. The number of carbonyl (C=O) groups is 1. The first-order valence-electron chi connectivity index (χ1n) is 8.79. The molecule has 0 unspecified atom stereocenters. The van der Waals surface area contributed by atoms with Crippen LogP contribution in [0.15, 0.2) is 23.3 Å². The van der Waals surface area contributed by atoms with E-state index >= 15 is 0 Å². The van der Waals surface area contributed by atoms with Crippen molar-refractivity contribution in [1.82, 2.24) is 19.5 Å². The maximum Gasteiger partial charge on any atom is 0.291 e. The molecule has 0 bridgehead atoms. The van der Waals surface area contributed by atoms with Crippen LogP contribution < -0.4 is 10.9 Å². The fourth-order valence-electron chi connectivity index (χ4n) is 3.75. The Morgan fingerprint density at radius 2 is 2.12 bits per heavy atom. The first-order valence-corrected chi connectivity index (χ1v) is 9.61. The molecular formula is C18H22N4O2S. The van der Waals surface area contributed by atoms with Gasteiger partial charge in [-0.25, -0.2) is 4.68 Å². The number of nitrogens with zero attached hydrogens (tertiary/aromatic N) is 3. The minimum Gasteiger partial charge on any atom is -0.351 e. The highest BCUT2D eigenvalue weighted by Gasteiger charge is 2.23. The van der Waals surface area contributed by atoms with E-state index in [2.05, 4.69) is 23.4 Å². The Bertz CT molecular complexity index is 1000. The molecule has 1 N–H and O–H groups in total. The molecule has 1 aliphatic carbocycles. The van der Waals surface area contributed by atoms with Crippen LogP contribution in [0, 0.1) is 12.8 Å². The summed E-state index contributed by atoms with van der Waals surface area (Å²) in [6, 6.07) is 4.15. The van der Waals surface area contributed by atoms with Crippen molar-refractivity contribution in [2.75, 3.05) is 0 Å². The summed E-state index contributed by atoms with van der Waals surface area (Å²) in [5.41, 5.74) is 1.33. The van der Waals surface area contributed by atoms with Gasteiger partial charge in [0.2, 0.25) is 5.91 Å². The Morgan fingerprint density at radius 1 is 1.32 bits per heavy atom. The van der Waals surface area contributed by atoms with E-state index in [1.807, 2.05) is 13.0 Å². The topological polar surface area (TPSA) is 68.4 Å². The second-order valence-electron chi connectivity index (χ2n) is 7.04. The van der Waals surface area contributed by atoms with E-state index in [1.165, 1.54) is 16.0 Å². The molecule has 3 aromatic rings. The van der Waals surface area contributed by atoms with E-state index in [9.17, 15) is 9.59 Å². The number of hydrogen-bond acceptors (Lipinski definition) is 4. The molecular weight excluding hydrogens is 336 g/mol. The molecule has 1 fully saturated rings. The van der Waals surface area contributed by atoms with Gasteiger partial charge < -0.3 is 5.32 Å². The number of thiophene rings is 1. The zero-order valence-corrected chi connectivity index (χ0v) is 15.3. The standard InChI is InChI=1S/C18H22N4O2S/c1-11-5-3-4-6-13(11)20-17(23)9-22-18(24)15-8-16-14(7-12(2)25-16)21(15)10-19-22/h7-8,10-11,13H,3-6,9H2,1-2H3,(H,20,23)/t11-,13+/m1/s1. The van der Waals surface area contributed by atoms with Crippen LogP contribution in [-0.2, 0) is 11.3 Å². The van der Waals surface area contributed by atoms with Gasteiger partial charge in [-0.05, 0) is 37.8 Å². The maximum atomic E-state index is 12.7. The molecule has 0 radical (unpaired) electrons. The molecule has 2 atom stereocenters. The summed E-state index contributed by atoms with van der Waals surface area (Å²) >= 11 is 1.65. The number of carbonyl (C=O) groups excluding carboxylic acids is 1. The molecule has 0 spiro atoms. The summed E-state index contributed by atoms with van der Waals surface area (Å²) in [4.78, 5) is 26.2. The van der Waals surface area contributed by atoms with E-state index in [0.717, 1.165) is 29.5 Å². The molecule has 3 heterocycles. The fourth-order valence-corrected chi connectivity index (χ4v) is 4.70. The van der Waals surface area contributed by atoms with Crippen molar-refractivity contribution in [3.05, 3.63) is 33.7 Å². The molecule has 3 aromatic heterocycles. The Balaban J connectivity index is 1.57. The molecule has 6 nitrogen and oxygen atoms in total. The van der Waals surface area contributed by atoms with Crippen molar-refractivity contribution in [2.24, 2.45) is 5.92 Å². The first kappa shape index (κ1) is 16.3. The Labute approximate surface area is 149 Å². The third-order valence-electron chi connectivity index (χ3n) is 5.16. The summed E-state index contributed by atoms with van der Waals surface area (Å²) in [7, 11) is 0. The lowest BCUT2D eigenvalue weighted by atomic mass is 9.86. The normalized spacial score (nSPS) is 21.0. The van der Waals surface area contributed by atoms with Gasteiger partial charge >= 0.3 is 0 Å². The summed E-state index contributed by atoms with van der Waals surface area (Å²) in [5.74, 6) is 0.354. The lowest BCUT2D eigenvalue weighted by Crippen LogP contribution is -2.43. The van der Waals surface area contributed by atoms with Crippen molar-refractivity contribution >= 4 is 33.0 Å².